The molecule has 2 aromatic rings. The van der Waals surface area contributed by atoms with E-state index in [-0.39, 0.29) is 5.82 Å². The van der Waals surface area contributed by atoms with Gasteiger partial charge in [0.15, 0.2) is 5.82 Å². The van der Waals surface area contributed by atoms with Crippen LogP contribution in [0, 0.1) is 0 Å². The van der Waals surface area contributed by atoms with Gasteiger partial charge in [-0.15, -0.1) is 0 Å². The number of anilines is 3. The monoisotopic (exact) mass is 357 g/mol. The molecule has 1 fully saturated rings. The van der Waals surface area contributed by atoms with Gasteiger partial charge in [0.25, 0.3) is 0 Å². The molecule has 1 aromatic carbocycles. The Kier molecular flexibility index (Phi) is 4.40. The minimum atomic E-state index is -4.32. The van der Waals surface area contributed by atoms with E-state index in [0.29, 0.717) is 37.0 Å². The number of alkyl halides is 3. The molecular formula is C15H15ClF3N5. The highest BCUT2D eigenvalue weighted by molar-refractivity contribution is 6.35. The lowest BCUT2D eigenvalue weighted by Crippen LogP contribution is -2.47. The first-order valence-corrected chi connectivity index (χ1v) is 7.67. The van der Waals surface area contributed by atoms with Crippen molar-refractivity contribution in [2.45, 2.75) is 6.18 Å². The highest BCUT2D eigenvalue weighted by Crippen LogP contribution is 2.31. The molecule has 0 atom stereocenters. The van der Waals surface area contributed by atoms with E-state index in [0.717, 1.165) is 17.8 Å². The second kappa shape index (κ2) is 6.35. The SMILES string of the molecule is Nc1ncnc(N2CCN(c3ccc(C(F)(F)F)cc3)CC2)c1Cl. The molecule has 2 N–H and O–H groups in total. The number of nitrogens with zero attached hydrogens (tertiary/aromatic N) is 4. The number of hydrogen-bond donors (Lipinski definition) is 1. The molecule has 0 saturated carbocycles. The van der Waals surface area contributed by atoms with Crippen molar-refractivity contribution >= 4 is 28.9 Å². The second-order valence-corrected chi connectivity index (χ2v) is 5.79. The molecule has 9 heteroatoms. The fourth-order valence-corrected chi connectivity index (χ4v) is 2.85. The minimum Gasteiger partial charge on any atom is -0.382 e. The van der Waals surface area contributed by atoms with Gasteiger partial charge in [0.2, 0.25) is 0 Å². The van der Waals surface area contributed by atoms with E-state index in [1.807, 2.05) is 9.80 Å². The number of hydrogen-bond acceptors (Lipinski definition) is 5. The quantitative estimate of drug-likeness (QED) is 0.895. The van der Waals surface area contributed by atoms with Gasteiger partial charge in [-0.05, 0) is 24.3 Å². The highest BCUT2D eigenvalue weighted by atomic mass is 35.5. The van der Waals surface area contributed by atoms with E-state index >= 15 is 0 Å². The number of benzene rings is 1. The smallest absolute Gasteiger partial charge is 0.382 e. The summed E-state index contributed by atoms with van der Waals surface area (Å²) >= 11 is 6.13. The Hall–Kier alpha value is -2.22. The lowest BCUT2D eigenvalue weighted by molar-refractivity contribution is -0.137. The molecule has 0 amide bonds. The minimum absolute atomic E-state index is 0.229. The second-order valence-electron chi connectivity index (χ2n) is 5.42. The van der Waals surface area contributed by atoms with E-state index in [2.05, 4.69) is 9.97 Å². The van der Waals surface area contributed by atoms with Gasteiger partial charge in [-0.25, -0.2) is 9.97 Å². The molecule has 128 valence electrons. The average Bonchev–Trinajstić information content (AvgIpc) is 2.57. The zero-order chi connectivity index (χ0) is 17.3. The normalized spacial score (nSPS) is 15.7. The van der Waals surface area contributed by atoms with Gasteiger partial charge in [0.05, 0.1) is 5.56 Å². The van der Waals surface area contributed by atoms with Crippen molar-refractivity contribution in [3.05, 3.63) is 41.2 Å². The van der Waals surface area contributed by atoms with Gasteiger partial charge in [-0.3, -0.25) is 0 Å². The predicted molar refractivity (Wildman–Crippen MR) is 87.3 cm³/mol. The van der Waals surface area contributed by atoms with Crippen LogP contribution < -0.4 is 15.5 Å². The maximum atomic E-state index is 12.6. The van der Waals surface area contributed by atoms with Crippen LogP contribution in [0.3, 0.4) is 0 Å². The fraction of sp³-hybridized carbons (Fsp3) is 0.333. The first-order valence-electron chi connectivity index (χ1n) is 7.29. The third kappa shape index (κ3) is 3.33. The van der Waals surface area contributed by atoms with Gasteiger partial charge in [-0.1, -0.05) is 11.6 Å². The Balaban J connectivity index is 1.68. The Labute approximate surface area is 141 Å². The van der Waals surface area contributed by atoms with Crippen LogP contribution in [-0.4, -0.2) is 36.1 Å². The van der Waals surface area contributed by atoms with Gasteiger partial charge in [-0.2, -0.15) is 13.2 Å². The zero-order valence-electron chi connectivity index (χ0n) is 12.6. The van der Waals surface area contributed by atoms with Crippen molar-refractivity contribution in [2.24, 2.45) is 0 Å². The van der Waals surface area contributed by atoms with Crippen molar-refractivity contribution in [1.29, 1.82) is 0 Å². The summed E-state index contributed by atoms with van der Waals surface area (Å²) < 4.78 is 37.8. The molecule has 0 radical (unpaired) electrons. The van der Waals surface area contributed by atoms with Crippen LogP contribution in [0.15, 0.2) is 30.6 Å². The van der Waals surface area contributed by atoms with Crippen LogP contribution in [-0.2, 0) is 6.18 Å². The van der Waals surface area contributed by atoms with Gasteiger partial charge < -0.3 is 15.5 Å². The van der Waals surface area contributed by atoms with Gasteiger partial charge in [0.1, 0.15) is 17.2 Å². The first kappa shape index (κ1) is 16.6. The van der Waals surface area contributed by atoms with Crippen LogP contribution >= 0.6 is 11.6 Å². The molecule has 1 aliphatic heterocycles. The molecule has 1 saturated heterocycles. The Morgan fingerprint density at radius 2 is 1.54 bits per heavy atom. The maximum absolute atomic E-state index is 12.6. The first-order chi connectivity index (χ1) is 11.4. The van der Waals surface area contributed by atoms with Gasteiger partial charge >= 0.3 is 6.18 Å². The Morgan fingerprint density at radius 3 is 2.12 bits per heavy atom. The fourth-order valence-electron chi connectivity index (χ4n) is 2.63. The molecule has 0 unspecified atom stereocenters. The number of nitrogen functional groups attached to an aromatic ring is 1. The molecule has 1 aliphatic rings. The van der Waals surface area contributed by atoms with Crippen LogP contribution in [0.2, 0.25) is 5.02 Å². The largest absolute Gasteiger partial charge is 0.416 e. The number of halogens is 4. The van der Waals surface area contributed by atoms with Crippen molar-refractivity contribution in [2.75, 3.05) is 41.7 Å². The van der Waals surface area contributed by atoms with E-state index in [1.54, 1.807) is 0 Å². The summed E-state index contributed by atoms with van der Waals surface area (Å²) in [4.78, 5) is 12.0. The molecular weight excluding hydrogens is 343 g/mol. The third-order valence-electron chi connectivity index (χ3n) is 3.94. The van der Waals surface area contributed by atoms with Crippen molar-refractivity contribution in [1.82, 2.24) is 9.97 Å². The number of rotatable bonds is 2. The van der Waals surface area contributed by atoms with E-state index < -0.39 is 11.7 Å². The zero-order valence-corrected chi connectivity index (χ0v) is 13.3. The molecule has 0 spiro atoms. The van der Waals surface area contributed by atoms with E-state index in [1.165, 1.54) is 18.5 Å². The van der Waals surface area contributed by atoms with Crippen LogP contribution in [0.1, 0.15) is 5.56 Å². The Bertz CT molecular complexity index is 712. The predicted octanol–water partition coefficient (Wildman–Crippen LogP) is 3.06. The molecule has 1 aromatic heterocycles. The average molecular weight is 358 g/mol. The number of aromatic nitrogens is 2. The Morgan fingerprint density at radius 1 is 0.958 bits per heavy atom. The lowest BCUT2D eigenvalue weighted by Gasteiger charge is -2.37. The number of piperazine rings is 1. The van der Waals surface area contributed by atoms with E-state index in [9.17, 15) is 13.2 Å². The third-order valence-corrected chi connectivity index (χ3v) is 4.30. The summed E-state index contributed by atoms with van der Waals surface area (Å²) in [6.45, 7) is 2.56. The molecule has 24 heavy (non-hydrogen) atoms. The van der Waals surface area contributed by atoms with Crippen molar-refractivity contribution < 1.29 is 13.2 Å². The molecule has 2 heterocycles. The van der Waals surface area contributed by atoms with Crippen molar-refractivity contribution in [3.63, 3.8) is 0 Å². The molecule has 3 rings (SSSR count). The van der Waals surface area contributed by atoms with E-state index in [4.69, 9.17) is 17.3 Å². The topological polar surface area (TPSA) is 58.3 Å². The highest BCUT2D eigenvalue weighted by Gasteiger charge is 2.30. The maximum Gasteiger partial charge on any atom is 0.416 e. The summed E-state index contributed by atoms with van der Waals surface area (Å²) in [6, 6.07) is 5.19. The van der Waals surface area contributed by atoms with Gasteiger partial charge in [0, 0.05) is 31.9 Å². The number of nitrogens with two attached hydrogens (primary N) is 1. The summed E-state index contributed by atoms with van der Waals surface area (Å²) in [5.41, 5.74) is 5.80. The van der Waals surface area contributed by atoms with Crippen LogP contribution in [0.25, 0.3) is 0 Å². The summed E-state index contributed by atoms with van der Waals surface area (Å²) in [5.74, 6) is 0.808. The summed E-state index contributed by atoms with van der Waals surface area (Å²) in [6.07, 6.45) is -2.96. The molecule has 0 aliphatic carbocycles. The standard InChI is InChI=1S/C15H15ClF3N5/c16-12-13(20)21-9-22-14(12)24-7-5-23(6-8-24)11-3-1-10(2-4-11)15(17,18)19/h1-4,9H,5-8H2,(H2,20,21,22). The van der Waals surface area contributed by atoms with Crippen molar-refractivity contribution in [3.8, 4) is 0 Å². The molecule has 5 nitrogen and oxygen atoms in total. The summed E-state index contributed by atoms with van der Waals surface area (Å²) in [5, 5.41) is 0.320. The van der Waals surface area contributed by atoms with Crippen LogP contribution in [0.5, 0.6) is 0 Å². The molecule has 0 bridgehead atoms. The summed E-state index contributed by atoms with van der Waals surface area (Å²) in [7, 11) is 0. The lowest BCUT2D eigenvalue weighted by atomic mass is 10.1. The van der Waals surface area contributed by atoms with Crippen LogP contribution in [0.4, 0.5) is 30.5 Å².